The molecule has 98 valence electrons. The molecule has 1 aromatic rings. The summed E-state index contributed by atoms with van der Waals surface area (Å²) in [5.74, 6) is -0.853. The number of halogens is 2. The fraction of sp³-hybridized carbons (Fsp3) is 0.364. The zero-order chi connectivity index (χ0) is 13.7. The molecule has 0 saturated carbocycles. The molecule has 0 atom stereocenters. The van der Waals surface area contributed by atoms with Gasteiger partial charge in [-0.2, -0.15) is 0 Å². The van der Waals surface area contributed by atoms with Gasteiger partial charge in [-0.05, 0) is 28.9 Å². The highest BCUT2D eigenvalue weighted by molar-refractivity contribution is 9.10. The second-order valence-electron chi connectivity index (χ2n) is 3.46. The molecule has 0 N–H and O–H groups in total. The number of amides is 1. The molecular weight excluding hydrogens is 323 g/mol. The van der Waals surface area contributed by atoms with Crippen LogP contribution >= 0.6 is 27.5 Å². The minimum Gasteiger partial charge on any atom is -0.465 e. The van der Waals surface area contributed by atoms with E-state index in [1.165, 1.54) is 18.1 Å². The van der Waals surface area contributed by atoms with Crippen LogP contribution in [0.2, 0.25) is 5.15 Å². The maximum Gasteiger partial charge on any atom is 0.325 e. The number of carbonyl (C=O) groups excluding carboxylic acids is 2. The number of hydrogen-bond donors (Lipinski definition) is 0. The molecule has 1 amide bonds. The topological polar surface area (TPSA) is 59.5 Å². The molecule has 0 aliphatic carbocycles. The number of aromatic nitrogens is 1. The molecule has 18 heavy (non-hydrogen) atoms. The largest absolute Gasteiger partial charge is 0.465 e. The number of esters is 1. The van der Waals surface area contributed by atoms with Crippen LogP contribution < -0.4 is 0 Å². The summed E-state index contributed by atoms with van der Waals surface area (Å²) in [7, 11) is 1.50. The molecule has 0 spiro atoms. The van der Waals surface area contributed by atoms with Gasteiger partial charge in [0.05, 0.1) is 12.2 Å². The summed E-state index contributed by atoms with van der Waals surface area (Å²) in [5, 5.41) is 0.0962. The molecule has 0 unspecified atom stereocenters. The molecule has 0 aromatic carbocycles. The van der Waals surface area contributed by atoms with Gasteiger partial charge in [0.25, 0.3) is 5.91 Å². The summed E-state index contributed by atoms with van der Waals surface area (Å²) in [4.78, 5) is 28.4. The molecule has 1 heterocycles. The molecule has 0 bridgehead atoms. The van der Waals surface area contributed by atoms with E-state index in [4.69, 9.17) is 16.3 Å². The average Bonchev–Trinajstić information content (AvgIpc) is 2.31. The van der Waals surface area contributed by atoms with Gasteiger partial charge in [0.1, 0.15) is 11.7 Å². The molecule has 1 aromatic heterocycles. The van der Waals surface area contributed by atoms with E-state index < -0.39 is 5.97 Å². The Morgan fingerprint density at radius 3 is 2.83 bits per heavy atom. The second-order valence-corrected chi connectivity index (χ2v) is 4.73. The van der Waals surface area contributed by atoms with Crippen molar-refractivity contribution in [2.75, 3.05) is 20.2 Å². The Hall–Kier alpha value is -1.14. The van der Waals surface area contributed by atoms with Crippen LogP contribution in [0.3, 0.4) is 0 Å². The van der Waals surface area contributed by atoms with Crippen LogP contribution in [0.25, 0.3) is 0 Å². The fourth-order valence-corrected chi connectivity index (χ4v) is 1.77. The van der Waals surface area contributed by atoms with E-state index in [2.05, 4.69) is 20.9 Å². The highest BCUT2D eigenvalue weighted by Crippen LogP contribution is 2.19. The first-order chi connectivity index (χ1) is 8.45. The van der Waals surface area contributed by atoms with Crippen LogP contribution in [0, 0.1) is 0 Å². The average molecular weight is 336 g/mol. The lowest BCUT2D eigenvalue weighted by Gasteiger charge is -2.16. The van der Waals surface area contributed by atoms with Crippen molar-refractivity contribution in [3.05, 3.63) is 27.5 Å². The number of hydrogen-bond acceptors (Lipinski definition) is 4. The van der Waals surface area contributed by atoms with Crippen molar-refractivity contribution in [2.45, 2.75) is 6.92 Å². The summed E-state index contributed by atoms with van der Waals surface area (Å²) in [5.41, 5.74) is 0.234. The summed E-state index contributed by atoms with van der Waals surface area (Å²) < 4.78 is 5.40. The number of nitrogens with zero attached hydrogens (tertiary/aromatic N) is 2. The van der Waals surface area contributed by atoms with E-state index in [1.54, 1.807) is 13.0 Å². The minimum atomic E-state index is -0.465. The third kappa shape index (κ3) is 3.96. The summed E-state index contributed by atoms with van der Waals surface area (Å²) >= 11 is 9.04. The van der Waals surface area contributed by atoms with Gasteiger partial charge in [0.2, 0.25) is 0 Å². The van der Waals surface area contributed by atoms with Crippen molar-refractivity contribution >= 4 is 39.4 Å². The first-order valence-corrected chi connectivity index (χ1v) is 6.35. The van der Waals surface area contributed by atoms with Gasteiger partial charge in [0, 0.05) is 17.7 Å². The highest BCUT2D eigenvalue weighted by Gasteiger charge is 2.19. The molecule has 5 nitrogen and oxygen atoms in total. The monoisotopic (exact) mass is 334 g/mol. The Morgan fingerprint density at radius 2 is 2.22 bits per heavy atom. The van der Waals surface area contributed by atoms with Crippen LogP contribution in [-0.4, -0.2) is 42.0 Å². The van der Waals surface area contributed by atoms with Crippen LogP contribution in [0.4, 0.5) is 0 Å². The lowest BCUT2D eigenvalue weighted by atomic mass is 10.2. The minimum absolute atomic E-state index is 0.0962. The molecule has 0 aliphatic rings. The maximum absolute atomic E-state index is 12.0. The SMILES string of the molecule is CCOC(=O)CN(C)C(=O)c1cc(Br)cnc1Cl. The third-order valence-corrected chi connectivity index (χ3v) is 2.79. The zero-order valence-corrected chi connectivity index (χ0v) is 12.3. The number of rotatable bonds is 4. The van der Waals surface area contributed by atoms with Gasteiger partial charge in [-0.25, -0.2) is 4.98 Å². The van der Waals surface area contributed by atoms with Crippen LogP contribution in [0.5, 0.6) is 0 Å². The molecular formula is C11H12BrClN2O3. The van der Waals surface area contributed by atoms with Crippen LogP contribution in [0.15, 0.2) is 16.7 Å². The number of ether oxygens (including phenoxy) is 1. The third-order valence-electron chi connectivity index (χ3n) is 2.05. The quantitative estimate of drug-likeness (QED) is 0.625. The predicted molar refractivity (Wildman–Crippen MR) is 70.5 cm³/mol. The van der Waals surface area contributed by atoms with E-state index >= 15 is 0 Å². The lowest BCUT2D eigenvalue weighted by molar-refractivity contribution is -0.143. The van der Waals surface area contributed by atoms with Crippen LogP contribution in [-0.2, 0) is 9.53 Å². The van der Waals surface area contributed by atoms with Crippen molar-refractivity contribution in [2.24, 2.45) is 0 Å². The van der Waals surface area contributed by atoms with Crippen molar-refractivity contribution in [3.63, 3.8) is 0 Å². The zero-order valence-electron chi connectivity index (χ0n) is 9.94. The summed E-state index contributed by atoms with van der Waals surface area (Å²) in [6.07, 6.45) is 1.49. The Balaban J connectivity index is 2.80. The van der Waals surface area contributed by atoms with E-state index in [1.807, 2.05) is 0 Å². The van der Waals surface area contributed by atoms with E-state index in [0.717, 1.165) is 0 Å². The summed E-state index contributed by atoms with van der Waals surface area (Å²) in [6.45, 7) is 1.85. The Morgan fingerprint density at radius 1 is 1.56 bits per heavy atom. The van der Waals surface area contributed by atoms with E-state index in [0.29, 0.717) is 4.47 Å². The van der Waals surface area contributed by atoms with Gasteiger partial charge in [0.15, 0.2) is 0 Å². The van der Waals surface area contributed by atoms with E-state index in [-0.39, 0.29) is 29.8 Å². The Kier molecular flexibility index (Phi) is 5.55. The molecule has 0 aliphatic heterocycles. The number of carbonyl (C=O) groups is 2. The molecule has 0 fully saturated rings. The fourth-order valence-electron chi connectivity index (χ4n) is 1.25. The van der Waals surface area contributed by atoms with Gasteiger partial charge in [-0.15, -0.1) is 0 Å². The van der Waals surface area contributed by atoms with Gasteiger partial charge in [-0.1, -0.05) is 11.6 Å². The maximum atomic E-state index is 12.0. The molecule has 0 saturated heterocycles. The Bertz CT molecular complexity index is 468. The first kappa shape index (κ1) is 14.9. The van der Waals surface area contributed by atoms with E-state index in [9.17, 15) is 9.59 Å². The molecule has 7 heteroatoms. The van der Waals surface area contributed by atoms with Gasteiger partial charge < -0.3 is 9.64 Å². The van der Waals surface area contributed by atoms with Crippen LogP contribution in [0.1, 0.15) is 17.3 Å². The summed E-state index contributed by atoms with van der Waals surface area (Å²) in [6, 6.07) is 1.55. The molecule has 0 radical (unpaired) electrons. The highest BCUT2D eigenvalue weighted by atomic mass is 79.9. The predicted octanol–water partition coefficient (Wildman–Crippen LogP) is 2.13. The lowest BCUT2D eigenvalue weighted by Crippen LogP contribution is -2.33. The normalized spacial score (nSPS) is 10.0. The first-order valence-electron chi connectivity index (χ1n) is 5.17. The van der Waals surface area contributed by atoms with Crippen molar-refractivity contribution in [3.8, 4) is 0 Å². The Labute approximate surface area is 118 Å². The van der Waals surface area contributed by atoms with Gasteiger partial charge >= 0.3 is 5.97 Å². The van der Waals surface area contributed by atoms with Crippen molar-refractivity contribution in [1.29, 1.82) is 0 Å². The van der Waals surface area contributed by atoms with Gasteiger partial charge in [-0.3, -0.25) is 9.59 Å². The molecule has 1 rings (SSSR count). The van der Waals surface area contributed by atoms with Crippen molar-refractivity contribution < 1.29 is 14.3 Å². The van der Waals surface area contributed by atoms with Crippen molar-refractivity contribution in [1.82, 2.24) is 9.88 Å². The number of pyridine rings is 1. The number of likely N-dealkylation sites (N-methyl/N-ethyl adjacent to an activating group) is 1. The second kappa shape index (κ2) is 6.70. The smallest absolute Gasteiger partial charge is 0.325 e. The standard InChI is InChI=1S/C11H12BrClN2O3/c1-3-18-9(16)6-15(2)11(17)8-4-7(12)5-14-10(8)13/h4-5H,3,6H2,1-2H3.